The molecule has 0 aliphatic heterocycles. The average Bonchev–Trinajstić information content (AvgIpc) is 2.72. The van der Waals surface area contributed by atoms with Crippen molar-refractivity contribution >= 4 is 28.3 Å². The summed E-state index contributed by atoms with van der Waals surface area (Å²) in [5, 5.41) is 11.3. The fourth-order valence-corrected chi connectivity index (χ4v) is 3.03. The predicted octanol–water partition coefficient (Wildman–Crippen LogP) is 4.41. The molecule has 0 N–H and O–H groups in total. The molecule has 6 heteroatoms. The predicted molar refractivity (Wildman–Crippen MR) is 109 cm³/mol. The van der Waals surface area contributed by atoms with Crippen LogP contribution in [0.2, 0.25) is 5.02 Å². The molecule has 0 atom stereocenters. The topological polar surface area (TPSA) is 62.6 Å². The van der Waals surface area contributed by atoms with E-state index >= 15 is 0 Å². The van der Waals surface area contributed by atoms with Crippen LogP contribution in [0.1, 0.15) is 11.1 Å². The highest BCUT2D eigenvalue weighted by molar-refractivity contribution is 6.32. The average molecular weight is 395 g/mol. The minimum atomic E-state index is -0.171. The van der Waals surface area contributed by atoms with Crippen LogP contribution in [0.5, 0.6) is 11.5 Å². The Morgan fingerprint density at radius 3 is 2.57 bits per heavy atom. The van der Waals surface area contributed by atoms with Crippen LogP contribution in [-0.2, 0) is 11.3 Å². The maximum atomic E-state index is 12.4. The van der Waals surface area contributed by atoms with Crippen molar-refractivity contribution in [2.24, 2.45) is 0 Å². The molecule has 3 aromatic rings. The Morgan fingerprint density at radius 2 is 1.86 bits per heavy atom. The number of likely N-dealkylation sites (N-methyl/N-ethyl adjacent to an activating group) is 1. The molecule has 0 fully saturated rings. The SMILES string of the molecule is COc1ccc2cc(CN(C)C(=O)COc3ccc(C#N)cc3Cl)ccc2c1. The van der Waals surface area contributed by atoms with E-state index < -0.39 is 0 Å². The zero-order chi connectivity index (χ0) is 20.1. The third-order valence-electron chi connectivity index (χ3n) is 4.37. The number of nitriles is 1. The lowest BCUT2D eigenvalue weighted by Gasteiger charge is -2.18. The number of halogens is 1. The maximum absolute atomic E-state index is 12.4. The van der Waals surface area contributed by atoms with Gasteiger partial charge in [-0.25, -0.2) is 0 Å². The van der Waals surface area contributed by atoms with Crippen molar-refractivity contribution in [1.29, 1.82) is 5.26 Å². The number of hydrogen-bond donors (Lipinski definition) is 0. The van der Waals surface area contributed by atoms with Crippen LogP contribution in [0.25, 0.3) is 10.8 Å². The summed E-state index contributed by atoms with van der Waals surface area (Å²) in [7, 11) is 3.37. The van der Waals surface area contributed by atoms with Gasteiger partial charge in [0.25, 0.3) is 5.91 Å². The fraction of sp³-hybridized carbons (Fsp3) is 0.182. The van der Waals surface area contributed by atoms with Crippen LogP contribution in [-0.4, -0.2) is 31.6 Å². The summed E-state index contributed by atoms with van der Waals surface area (Å²) in [5.74, 6) is 1.02. The Hall–Kier alpha value is -3.23. The summed E-state index contributed by atoms with van der Waals surface area (Å²) in [5.41, 5.74) is 1.46. The van der Waals surface area contributed by atoms with E-state index in [9.17, 15) is 4.79 Å². The third kappa shape index (κ3) is 4.54. The number of hydrogen-bond acceptors (Lipinski definition) is 4. The van der Waals surface area contributed by atoms with Crippen LogP contribution in [0, 0.1) is 11.3 Å². The Labute approximate surface area is 168 Å². The Balaban J connectivity index is 1.62. The summed E-state index contributed by atoms with van der Waals surface area (Å²) < 4.78 is 10.7. The van der Waals surface area contributed by atoms with E-state index in [-0.39, 0.29) is 12.5 Å². The monoisotopic (exact) mass is 394 g/mol. The van der Waals surface area contributed by atoms with Crippen molar-refractivity contribution < 1.29 is 14.3 Å². The van der Waals surface area contributed by atoms with Gasteiger partial charge in [-0.15, -0.1) is 0 Å². The highest BCUT2D eigenvalue weighted by Gasteiger charge is 2.12. The van der Waals surface area contributed by atoms with Crippen molar-refractivity contribution in [2.45, 2.75) is 6.54 Å². The van der Waals surface area contributed by atoms with Gasteiger partial charge in [-0.05, 0) is 52.7 Å². The number of amides is 1. The summed E-state index contributed by atoms with van der Waals surface area (Å²) in [6.07, 6.45) is 0. The molecule has 0 saturated carbocycles. The number of ether oxygens (including phenoxy) is 2. The van der Waals surface area contributed by atoms with Crippen molar-refractivity contribution in [1.82, 2.24) is 4.90 Å². The zero-order valence-electron chi connectivity index (χ0n) is 15.6. The summed E-state index contributed by atoms with van der Waals surface area (Å²) >= 11 is 6.07. The molecule has 3 rings (SSSR count). The molecule has 1 amide bonds. The van der Waals surface area contributed by atoms with Gasteiger partial charge in [0.15, 0.2) is 6.61 Å². The number of fused-ring (bicyclic) bond motifs is 1. The third-order valence-corrected chi connectivity index (χ3v) is 4.66. The zero-order valence-corrected chi connectivity index (χ0v) is 16.4. The largest absolute Gasteiger partial charge is 0.497 e. The number of nitrogens with zero attached hydrogens (tertiary/aromatic N) is 2. The minimum absolute atomic E-state index is 0.132. The molecule has 3 aromatic carbocycles. The second kappa shape index (κ2) is 8.64. The van der Waals surface area contributed by atoms with Crippen molar-refractivity contribution in [3.8, 4) is 17.6 Å². The summed E-state index contributed by atoms with van der Waals surface area (Å²) in [6, 6.07) is 18.6. The van der Waals surface area contributed by atoms with Crippen molar-refractivity contribution in [2.75, 3.05) is 20.8 Å². The van der Waals surface area contributed by atoms with Crippen LogP contribution in [0.3, 0.4) is 0 Å². The van der Waals surface area contributed by atoms with Gasteiger partial charge in [-0.3, -0.25) is 4.79 Å². The van der Waals surface area contributed by atoms with Gasteiger partial charge in [0.1, 0.15) is 11.5 Å². The lowest BCUT2D eigenvalue weighted by Crippen LogP contribution is -2.31. The van der Waals surface area contributed by atoms with Crippen LogP contribution >= 0.6 is 11.6 Å². The summed E-state index contributed by atoms with van der Waals surface area (Å²) in [4.78, 5) is 14.0. The molecule has 0 unspecified atom stereocenters. The van der Waals surface area contributed by atoms with Gasteiger partial charge >= 0.3 is 0 Å². The minimum Gasteiger partial charge on any atom is -0.497 e. The highest BCUT2D eigenvalue weighted by atomic mass is 35.5. The van der Waals surface area contributed by atoms with Gasteiger partial charge in [0, 0.05) is 13.6 Å². The van der Waals surface area contributed by atoms with E-state index in [0.717, 1.165) is 22.1 Å². The van der Waals surface area contributed by atoms with E-state index in [4.69, 9.17) is 26.3 Å². The van der Waals surface area contributed by atoms with Crippen LogP contribution in [0.15, 0.2) is 54.6 Å². The normalized spacial score (nSPS) is 10.4. The lowest BCUT2D eigenvalue weighted by molar-refractivity contribution is -0.132. The molecule has 28 heavy (non-hydrogen) atoms. The second-order valence-electron chi connectivity index (χ2n) is 6.34. The molecule has 0 heterocycles. The van der Waals surface area contributed by atoms with E-state index in [0.29, 0.717) is 22.9 Å². The van der Waals surface area contributed by atoms with E-state index in [2.05, 4.69) is 6.07 Å². The number of carbonyl (C=O) groups is 1. The van der Waals surface area contributed by atoms with E-state index in [1.165, 1.54) is 6.07 Å². The maximum Gasteiger partial charge on any atom is 0.260 e. The van der Waals surface area contributed by atoms with E-state index in [1.807, 2.05) is 36.4 Å². The standard InChI is InChI=1S/C22H19ClN2O3/c1-25(22(26)14-28-21-8-4-15(12-24)10-20(21)23)13-16-3-5-18-11-19(27-2)7-6-17(18)9-16/h3-11H,13-14H2,1-2H3. The number of rotatable bonds is 6. The fourth-order valence-electron chi connectivity index (χ4n) is 2.80. The van der Waals surface area contributed by atoms with Crippen LogP contribution < -0.4 is 9.47 Å². The number of benzene rings is 3. The van der Waals surface area contributed by atoms with Crippen molar-refractivity contribution in [3.05, 3.63) is 70.7 Å². The molecule has 0 radical (unpaired) electrons. The molecule has 0 spiro atoms. The number of carbonyl (C=O) groups excluding carboxylic acids is 1. The molecule has 0 aliphatic rings. The number of methoxy groups -OCH3 is 1. The lowest BCUT2D eigenvalue weighted by atomic mass is 10.1. The summed E-state index contributed by atoms with van der Waals surface area (Å²) in [6.45, 7) is 0.332. The molecule has 0 aliphatic carbocycles. The first-order valence-electron chi connectivity index (χ1n) is 8.63. The smallest absolute Gasteiger partial charge is 0.260 e. The quantitative estimate of drug-likeness (QED) is 0.621. The first-order chi connectivity index (χ1) is 13.5. The molecular formula is C22H19ClN2O3. The Bertz CT molecular complexity index is 1060. The Morgan fingerprint density at radius 1 is 1.11 bits per heavy atom. The first-order valence-corrected chi connectivity index (χ1v) is 9.01. The molecule has 0 saturated heterocycles. The van der Waals surface area contributed by atoms with Crippen molar-refractivity contribution in [3.63, 3.8) is 0 Å². The molecule has 5 nitrogen and oxygen atoms in total. The van der Waals surface area contributed by atoms with Gasteiger partial charge in [-0.1, -0.05) is 29.8 Å². The molecule has 142 valence electrons. The van der Waals surface area contributed by atoms with Gasteiger partial charge in [0.2, 0.25) is 0 Å². The van der Waals surface area contributed by atoms with Gasteiger partial charge in [0.05, 0.1) is 23.8 Å². The second-order valence-corrected chi connectivity index (χ2v) is 6.75. The van der Waals surface area contributed by atoms with Gasteiger partial charge in [-0.2, -0.15) is 5.26 Å². The Kier molecular flexibility index (Phi) is 6.03. The highest BCUT2D eigenvalue weighted by Crippen LogP contribution is 2.25. The van der Waals surface area contributed by atoms with Crippen LogP contribution in [0.4, 0.5) is 0 Å². The van der Waals surface area contributed by atoms with Gasteiger partial charge < -0.3 is 14.4 Å². The molecular weight excluding hydrogens is 376 g/mol. The molecule has 0 bridgehead atoms. The van der Waals surface area contributed by atoms with E-state index in [1.54, 1.807) is 31.2 Å². The molecule has 0 aromatic heterocycles. The first kappa shape index (κ1) is 19.5.